The molecule has 0 aromatic heterocycles. The first-order chi connectivity index (χ1) is 9.31. The van der Waals surface area contributed by atoms with Crippen LogP contribution in [-0.2, 0) is 9.47 Å². The Kier molecular flexibility index (Phi) is 6.57. The highest BCUT2D eigenvalue weighted by Crippen LogP contribution is 2.32. The first kappa shape index (κ1) is 15.2. The molecule has 0 spiro atoms. The molecule has 0 saturated carbocycles. The predicted octanol–water partition coefficient (Wildman–Crippen LogP) is 1.50. The molecule has 2 bridgehead atoms. The Morgan fingerprint density at radius 3 is 2.05 bits per heavy atom. The highest BCUT2D eigenvalue weighted by molar-refractivity contribution is 4.92. The van der Waals surface area contributed by atoms with Crippen molar-refractivity contribution in [3.63, 3.8) is 0 Å². The lowest BCUT2D eigenvalue weighted by atomic mass is 9.89. The molecule has 0 aromatic carbocycles. The van der Waals surface area contributed by atoms with E-state index in [1.807, 2.05) is 0 Å². The van der Waals surface area contributed by atoms with Crippen LogP contribution in [0.25, 0.3) is 0 Å². The molecule has 1 N–H and O–H groups in total. The molecule has 2 aliphatic rings. The Bertz CT molecular complexity index is 230. The first-order valence-electron chi connectivity index (χ1n) is 7.78. The van der Waals surface area contributed by atoms with E-state index in [-0.39, 0.29) is 0 Å². The molecule has 112 valence electrons. The van der Waals surface area contributed by atoms with Crippen LogP contribution >= 0.6 is 0 Å². The van der Waals surface area contributed by atoms with Crippen LogP contribution in [0.2, 0.25) is 0 Å². The zero-order valence-corrected chi connectivity index (χ0v) is 12.6. The SMILES string of the molecule is COCCN(CCOC)CCC1CC2CCC(C1)N2. The van der Waals surface area contributed by atoms with E-state index in [0.29, 0.717) is 0 Å². The average molecular weight is 270 g/mol. The molecule has 0 aliphatic carbocycles. The van der Waals surface area contributed by atoms with Crippen LogP contribution in [0.5, 0.6) is 0 Å². The third kappa shape index (κ3) is 5.03. The van der Waals surface area contributed by atoms with E-state index < -0.39 is 0 Å². The summed E-state index contributed by atoms with van der Waals surface area (Å²) in [4.78, 5) is 2.48. The maximum atomic E-state index is 5.20. The van der Waals surface area contributed by atoms with Crippen molar-refractivity contribution in [1.29, 1.82) is 0 Å². The number of methoxy groups -OCH3 is 2. The summed E-state index contributed by atoms with van der Waals surface area (Å²) in [6.45, 7) is 4.88. The van der Waals surface area contributed by atoms with Crippen LogP contribution in [0.4, 0.5) is 0 Å². The molecule has 19 heavy (non-hydrogen) atoms. The fourth-order valence-corrected chi connectivity index (χ4v) is 3.55. The normalized spacial score (nSPS) is 30.2. The zero-order chi connectivity index (χ0) is 13.5. The van der Waals surface area contributed by atoms with Crippen LogP contribution in [0.1, 0.15) is 32.1 Å². The van der Waals surface area contributed by atoms with Gasteiger partial charge < -0.3 is 14.8 Å². The minimum Gasteiger partial charge on any atom is -0.383 e. The third-order valence-corrected chi connectivity index (χ3v) is 4.65. The molecule has 0 radical (unpaired) electrons. The summed E-state index contributed by atoms with van der Waals surface area (Å²) in [5.74, 6) is 0.923. The molecule has 2 aliphatic heterocycles. The van der Waals surface area contributed by atoms with E-state index in [1.54, 1.807) is 14.2 Å². The van der Waals surface area contributed by atoms with Crippen molar-refractivity contribution in [2.45, 2.75) is 44.2 Å². The van der Waals surface area contributed by atoms with E-state index in [4.69, 9.17) is 9.47 Å². The molecule has 0 amide bonds. The van der Waals surface area contributed by atoms with E-state index >= 15 is 0 Å². The lowest BCUT2D eigenvalue weighted by Crippen LogP contribution is -2.39. The van der Waals surface area contributed by atoms with Gasteiger partial charge in [-0.1, -0.05) is 0 Å². The Labute approximate surface area is 117 Å². The van der Waals surface area contributed by atoms with Crippen LogP contribution < -0.4 is 5.32 Å². The maximum absolute atomic E-state index is 5.20. The molecule has 4 heteroatoms. The van der Waals surface area contributed by atoms with Crippen molar-refractivity contribution in [3.05, 3.63) is 0 Å². The van der Waals surface area contributed by atoms with Crippen molar-refractivity contribution >= 4 is 0 Å². The fourth-order valence-electron chi connectivity index (χ4n) is 3.55. The minimum atomic E-state index is 0.815. The number of fused-ring (bicyclic) bond motifs is 2. The molecule has 2 rings (SSSR count). The number of ether oxygens (including phenoxy) is 2. The largest absolute Gasteiger partial charge is 0.383 e. The Balaban J connectivity index is 1.68. The lowest BCUT2D eigenvalue weighted by Gasteiger charge is -2.31. The van der Waals surface area contributed by atoms with E-state index in [2.05, 4.69) is 10.2 Å². The van der Waals surface area contributed by atoms with Crippen LogP contribution in [0.3, 0.4) is 0 Å². The summed E-state index contributed by atoms with van der Waals surface area (Å²) in [5, 5.41) is 3.72. The maximum Gasteiger partial charge on any atom is 0.0589 e. The number of hydrogen-bond donors (Lipinski definition) is 1. The van der Waals surface area contributed by atoms with Crippen LogP contribution in [0.15, 0.2) is 0 Å². The Hall–Kier alpha value is -0.160. The van der Waals surface area contributed by atoms with Gasteiger partial charge in [-0.05, 0) is 44.6 Å². The van der Waals surface area contributed by atoms with E-state index in [9.17, 15) is 0 Å². The minimum absolute atomic E-state index is 0.815. The van der Waals surface area contributed by atoms with Gasteiger partial charge >= 0.3 is 0 Å². The molecule has 2 fully saturated rings. The van der Waals surface area contributed by atoms with Crippen LogP contribution in [-0.4, -0.2) is 64.1 Å². The number of nitrogens with zero attached hydrogens (tertiary/aromatic N) is 1. The highest BCUT2D eigenvalue weighted by atomic mass is 16.5. The van der Waals surface area contributed by atoms with Crippen molar-refractivity contribution < 1.29 is 9.47 Å². The van der Waals surface area contributed by atoms with Crippen molar-refractivity contribution in [3.8, 4) is 0 Å². The molecule has 4 nitrogen and oxygen atoms in total. The van der Waals surface area contributed by atoms with Crippen molar-refractivity contribution in [2.75, 3.05) is 47.1 Å². The van der Waals surface area contributed by atoms with Gasteiger partial charge in [-0.2, -0.15) is 0 Å². The van der Waals surface area contributed by atoms with Gasteiger partial charge in [0.2, 0.25) is 0 Å². The summed E-state index contributed by atoms with van der Waals surface area (Å²) >= 11 is 0. The smallest absolute Gasteiger partial charge is 0.0589 e. The Morgan fingerprint density at radius 1 is 0.947 bits per heavy atom. The van der Waals surface area contributed by atoms with Gasteiger partial charge in [-0.3, -0.25) is 4.90 Å². The summed E-state index contributed by atoms with van der Waals surface area (Å²) in [6.07, 6.45) is 6.91. The quantitative estimate of drug-likeness (QED) is 0.688. The molecule has 2 atom stereocenters. The molecule has 2 heterocycles. The van der Waals surface area contributed by atoms with Crippen molar-refractivity contribution in [1.82, 2.24) is 10.2 Å². The molecular weight excluding hydrogens is 240 g/mol. The monoisotopic (exact) mass is 270 g/mol. The Morgan fingerprint density at radius 2 is 1.53 bits per heavy atom. The van der Waals surface area contributed by atoms with Gasteiger partial charge in [-0.15, -0.1) is 0 Å². The summed E-state index contributed by atoms with van der Waals surface area (Å²) < 4.78 is 10.4. The third-order valence-electron chi connectivity index (χ3n) is 4.65. The zero-order valence-electron chi connectivity index (χ0n) is 12.6. The number of nitrogens with one attached hydrogen (secondary N) is 1. The summed E-state index contributed by atoms with van der Waals surface area (Å²) in [7, 11) is 3.55. The van der Waals surface area contributed by atoms with Gasteiger partial charge in [0.05, 0.1) is 13.2 Å². The van der Waals surface area contributed by atoms with E-state index in [0.717, 1.165) is 44.3 Å². The summed E-state index contributed by atoms with van der Waals surface area (Å²) in [5.41, 5.74) is 0. The first-order valence-corrected chi connectivity index (χ1v) is 7.78. The van der Waals surface area contributed by atoms with Gasteiger partial charge in [0.1, 0.15) is 0 Å². The molecule has 2 unspecified atom stereocenters. The highest BCUT2D eigenvalue weighted by Gasteiger charge is 2.33. The number of rotatable bonds is 9. The number of piperidine rings is 1. The topological polar surface area (TPSA) is 33.7 Å². The van der Waals surface area contributed by atoms with E-state index in [1.165, 1.54) is 38.6 Å². The second-order valence-electron chi connectivity index (χ2n) is 6.09. The second kappa shape index (κ2) is 8.20. The second-order valence-corrected chi connectivity index (χ2v) is 6.09. The molecule has 0 aromatic rings. The standard InChI is InChI=1S/C15H30N2O2/c1-18-9-7-17(8-10-19-2)6-5-13-11-14-3-4-15(12-13)16-14/h13-16H,3-12H2,1-2H3. The predicted molar refractivity (Wildman–Crippen MR) is 77.5 cm³/mol. The molecular formula is C15H30N2O2. The average Bonchev–Trinajstić information content (AvgIpc) is 2.77. The van der Waals surface area contributed by atoms with Crippen molar-refractivity contribution in [2.24, 2.45) is 5.92 Å². The van der Waals surface area contributed by atoms with Gasteiger partial charge in [-0.25, -0.2) is 0 Å². The number of hydrogen-bond acceptors (Lipinski definition) is 4. The van der Waals surface area contributed by atoms with Gasteiger partial charge in [0.25, 0.3) is 0 Å². The molecule has 2 saturated heterocycles. The summed E-state index contributed by atoms with van der Waals surface area (Å²) in [6, 6.07) is 1.63. The fraction of sp³-hybridized carbons (Fsp3) is 1.00. The van der Waals surface area contributed by atoms with Crippen LogP contribution in [0, 0.1) is 5.92 Å². The van der Waals surface area contributed by atoms with Gasteiger partial charge in [0.15, 0.2) is 0 Å². The van der Waals surface area contributed by atoms with Gasteiger partial charge in [0, 0.05) is 39.4 Å². The lowest BCUT2D eigenvalue weighted by molar-refractivity contribution is 0.107.